The van der Waals surface area contributed by atoms with Gasteiger partial charge in [0.25, 0.3) is 5.91 Å². The number of para-hydroxylation sites is 1. The van der Waals surface area contributed by atoms with Crippen LogP contribution in [0.15, 0.2) is 54.6 Å². The van der Waals surface area contributed by atoms with Crippen LogP contribution in [0, 0.1) is 0 Å². The van der Waals surface area contributed by atoms with Gasteiger partial charge in [0.1, 0.15) is 5.82 Å². The van der Waals surface area contributed by atoms with E-state index in [1.54, 1.807) is 42.8 Å². The summed E-state index contributed by atoms with van der Waals surface area (Å²) < 4.78 is 26.1. The topological polar surface area (TPSA) is 94.0 Å². The molecule has 0 radical (unpaired) electrons. The van der Waals surface area contributed by atoms with Crippen molar-refractivity contribution >= 4 is 21.4 Å². The third kappa shape index (κ3) is 4.43. The van der Waals surface area contributed by atoms with Gasteiger partial charge in [0.2, 0.25) is 5.82 Å². The van der Waals surface area contributed by atoms with E-state index < -0.39 is 21.0 Å². The number of carbonyl (C=O) groups excluding carboxylic acids is 1. The minimum atomic E-state index is -3.22. The van der Waals surface area contributed by atoms with E-state index in [-0.39, 0.29) is 11.6 Å². The molecule has 30 heavy (non-hydrogen) atoms. The first-order valence-corrected chi connectivity index (χ1v) is 11.7. The van der Waals surface area contributed by atoms with Crippen molar-refractivity contribution in [2.24, 2.45) is 0 Å². The highest BCUT2D eigenvalue weighted by Crippen LogP contribution is 2.39. The van der Waals surface area contributed by atoms with Gasteiger partial charge in [0.15, 0.2) is 9.84 Å². The maximum absolute atomic E-state index is 12.8. The summed E-state index contributed by atoms with van der Waals surface area (Å²) in [7, 11) is -3.22. The van der Waals surface area contributed by atoms with Crippen LogP contribution in [0.3, 0.4) is 0 Å². The fourth-order valence-electron chi connectivity index (χ4n) is 3.11. The van der Waals surface area contributed by atoms with E-state index in [9.17, 15) is 13.2 Å². The zero-order valence-electron chi connectivity index (χ0n) is 16.9. The summed E-state index contributed by atoms with van der Waals surface area (Å²) in [6, 6.07) is 16.5. The number of benzene rings is 2. The van der Waals surface area contributed by atoms with Crippen molar-refractivity contribution in [3.05, 3.63) is 71.8 Å². The summed E-state index contributed by atoms with van der Waals surface area (Å²) in [5.74, 6) is 0.726. The fourth-order valence-corrected chi connectivity index (χ4v) is 4.09. The molecule has 1 aromatic heterocycles. The molecule has 1 fully saturated rings. The van der Waals surface area contributed by atoms with Gasteiger partial charge in [-0.05, 0) is 56.5 Å². The first kappa shape index (κ1) is 20.3. The largest absolute Gasteiger partial charge is 0.319 e. The molecular formula is C22H24N4O3S. The number of anilines is 1. The number of aromatic nitrogens is 3. The van der Waals surface area contributed by atoms with Crippen LogP contribution in [-0.4, -0.2) is 34.3 Å². The number of nitrogens with one attached hydrogen (secondary N) is 1. The predicted octanol–water partition coefficient (Wildman–Crippen LogP) is 3.72. The minimum absolute atomic E-state index is 0.0684. The molecule has 1 aliphatic carbocycles. The molecule has 8 heteroatoms. The lowest BCUT2D eigenvalue weighted by Crippen LogP contribution is -2.17. The Morgan fingerprint density at radius 2 is 1.87 bits per heavy atom. The minimum Gasteiger partial charge on any atom is -0.319 e. The Kier molecular flexibility index (Phi) is 5.42. The highest BCUT2D eigenvalue weighted by molar-refractivity contribution is 7.91. The summed E-state index contributed by atoms with van der Waals surface area (Å²) in [5.41, 5.74) is 2.01. The maximum Gasteiger partial charge on any atom is 0.295 e. The lowest BCUT2D eigenvalue weighted by molar-refractivity contribution is 0.101. The third-order valence-corrected chi connectivity index (χ3v) is 7.22. The van der Waals surface area contributed by atoms with Crippen LogP contribution in [0.1, 0.15) is 54.6 Å². The van der Waals surface area contributed by atoms with Crippen molar-refractivity contribution in [3.8, 4) is 5.69 Å². The van der Waals surface area contributed by atoms with E-state index >= 15 is 0 Å². The van der Waals surface area contributed by atoms with Gasteiger partial charge < -0.3 is 5.32 Å². The zero-order valence-corrected chi connectivity index (χ0v) is 17.8. The number of amides is 1. The number of hydrogen-bond acceptors (Lipinski definition) is 5. The van der Waals surface area contributed by atoms with Gasteiger partial charge in [0, 0.05) is 11.6 Å². The van der Waals surface area contributed by atoms with Gasteiger partial charge >= 0.3 is 0 Å². The molecule has 1 heterocycles. The number of rotatable bonds is 7. The molecule has 1 aliphatic rings. The first-order chi connectivity index (χ1) is 14.3. The normalized spacial score (nSPS) is 14.1. The summed E-state index contributed by atoms with van der Waals surface area (Å²) in [6.45, 7) is 3.32. The van der Waals surface area contributed by atoms with E-state index in [0.717, 1.165) is 24.4 Å². The van der Waals surface area contributed by atoms with Gasteiger partial charge in [-0.15, -0.1) is 5.10 Å². The van der Waals surface area contributed by atoms with Crippen LogP contribution < -0.4 is 5.32 Å². The smallest absolute Gasteiger partial charge is 0.295 e. The van der Waals surface area contributed by atoms with Crippen LogP contribution in [0.2, 0.25) is 0 Å². The standard InChI is InChI=1S/C22H24N4O3S/c1-15(2)30(28,29)14-16-7-6-8-18(13-16)23-22(27)20-24-21(17-11-12-17)26(25-20)19-9-4-3-5-10-19/h3-10,13,15,17H,11-12,14H2,1-2H3,(H,23,27). The average molecular weight is 425 g/mol. The lowest BCUT2D eigenvalue weighted by Gasteiger charge is -2.09. The van der Waals surface area contributed by atoms with Crippen molar-refractivity contribution in [1.29, 1.82) is 0 Å². The molecule has 2 aromatic carbocycles. The maximum atomic E-state index is 12.8. The molecule has 0 unspecified atom stereocenters. The number of carbonyl (C=O) groups is 1. The average Bonchev–Trinajstić information content (AvgIpc) is 3.46. The Balaban J connectivity index is 1.56. The Morgan fingerprint density at radius 3 is 2.53 bits per heavy atom. The summed E-state index contributed by atoms with van der Waals surface area (Å²) in [4.78, 5) is 17.3. The van der Waals surface area contributed by atoms with Crippen molar-refractivity contribution in [2.45, 2.75) is 43.6 Å². The van der Waals surface area contributed by atoms with Gasteiger partial charge in [-0.2, -0.15) is 0 Å². The van der Waals surface area contributed by atoms with Crippen LogP contribution in [0.4, 0.5) is 5.69 Å². The molecule has 1 amide bonds. The second kappa shape index (κ2) is 8.02. The number of sulfone groups is 1. The van der Waals surface area contributed by atoms with Crippen LogP contribution in [-0.2, 0) is 15.6 Å². The van der Waals surface area contributed by atoms with E-state index in [4.69, 9.17) is 0 Å². The van der Waals surface area contributed by atoms with Crippen LogP contribution in [0.5, 0.6) is 0 Å². The highest BCUT2D eigenvalue weighted by atomic mass is 32.2. The Labute approximate surface area is 176 Å². The first-order valence-electron chi connectivity index (χ1n) is 9.98. The van der Waals surface area contributed by atoms with Crippen molar-refractivity contribution in [2.75, 3.05) is 5.32 Å². The van der Waals surface area contributed by atoms with Gasteiger partial charge in [0.05, 0.1) is 16.7 Å². The van der Waals surface area contributed by atoms with Crippen molar-refractivity contribution < 1.29 is 13.2 Å². The summed E-state index contributed by atoms with van der Waals surface area (Å²) in [5, 5.41) is 6.78. The van der Waals surface area contributed by atoms with Gasteiger partial charge in [-0.3, -0.25) is 4.79 Å². The molecule has 3 aromatic rings. The third-order valence-electron chi connectivity index (χ3n) is 5.05. The number of nitrogens with zero attached hydrogens (tertiary/aromatic N) is 3. The highest BCUT2D eigenvalue weighted by Gasteiger charge is 2.31. The number of hydrogen-bond donors (Lipinski definition) is 1. The Bertz CT molecular complexity index is 1170. The molecular weight excluding hydrogens is 400 g/mol. The predicted molar refractivity (Wildman–Crippen MR) is 115 cm³/mol. The second-order valence-corrected chi connectivity index (χ2v) is 10.4. The SMILES string of the molecule is CC(C)S(=O)(=O)Cc1cccc(NC(=O)c2nc(C3CC3)n(-c3ccccc3)n2)c1. The van der Waals surface area contributed by atoms with E-state index in [2.05, 4.69) is 15.4 Å². The lowest BCUT2D eigenvalue weighted by atomic mass is 10.2. The molecule has 0 aliphatic heterocycles. The van der Waals surface area contributed by atoms with Crippen molar-refractivity contribution in [3.63, 3.8) is 0 Å². The van der Waals surface area contributed by atoms with Crippen LogP contribution >= 0.6 is 0 Å². The Morgan fingerprint density at radius 1 is 1.13 bits per heavy atom. The van der Waals surface area contributed by atoms with Gasteiger partial charge in [-0.1, -0.05) is 30.3 Å². The van der Waals surface area contributed by atoms with E-state index in [1.165, 1.54) is 0 Å². The Hall–Kier alpha value is -3.00. The van der Waals surface area contributed by atoms with Crippen molar-refractivity contribution in [1.82, 2.24) is 14.8 Å². The molecule has 0 bridgehead atoms. The second-order valence-electron chi connectivity index (χ2n) is 7.83. The molecule has 4 rings (SSSR count). The van der Waals surface area contributed by atoms with Gasteiger partial charge in [-0.25, -0.2) is 18.1 Å². The van der Waals surface area contributed by atoms with E-state index in [0.29, 0.717) is 17.2 Å². The molecule has 0 spiro atoms. The summed E-state index contributed by atoms with van der Waals surface area (Å²) >= 11 is 0. The molecule has 156 valence electrons. The monoisotopic (exact) mass is 424 g/mol. The zero-order chi connectivity index (χ0) is 21.3. The van der Waals surface area contributed by atoms with E-state index in [1.807, 2.05) is 30.3 Å². The summed E-state index contributed by atoms with van der Waals surface area (Å²) in [6.07, 6.45) is 2.08. The molecule has 7 nitrogen and oxygen atoms in total. The van der Waals surface area contributed by atoms with Crippen LogP contribution in [0.25, 0.3) is 5.69 Å². The fraction of sp³-hybridized carbons (Fsp3) is 0.318. The molecule has 1 saturated carbocycles. The molecule has 1 N–H and O–H groups in total. The molecule has 0 atom stereocenters. The quantitative estimate of drug-likeness (QED) is 0.624. The molecule has 0 saturated heterocycles.